The Kier molecular flexibility index (Phi) is 5.57. The molecule has 3 rings (SSSR count). The van der Waals surface area contributed by atoms with E-state index in [4.69, 9.17) is 5.11 Å². The summed E-state index contributed by atoms with van der Waals surface area (Å²) in [7, 11) is 0. The van der Waals surface area contributed by atoms with Gasteiger partial charge in [-0.25, -0.2) is 9.97 Å². The minimum atomic E-state index is -1.01. The Morgan fingerprint density at radius 3 is 2.68 bits per heavy atom. The highest BCUT2D eigenvalue weighted by Crippen LogP contribution is 2.25. The molecule has 9 nitrogen and oxygen atoms in total. The molecule has 0 aliphatic heterocycles. The first kappa shape index (κ1) is 19.7. The lowest BCUT2D eigenvalue weighted by molar-refractivity contribution is 0.0805. The minimum absolute atomic E-state index is 0.000161. The molecule has 0 unspecified atom stereocenters. The number of pyridine rings is 2. The Balaban J connectivity index is 2.12. The number of rotatable bonds is 6. The quantitative estimate of drug-likeness (QED) is 0.504. The average Bonchev–Trinajstić information content (AvgIpc) is 2.63. The van der Waals surface area contributed by atoms with Crippen molar-refractivity contribution in [2.75, 3.05) is 17.2 Å². The highest BCUT2D eigenvalue weighted by molar-refractivity contribution is 5.93. The third-order valence-corrected chi connectivity index (χ3v) is 3.89. The lowest BCUT2D eigenvalue weighted by Gasteiger charge is -2.23. The van der Waals surface area contributed by atoms with E-state index in [0.29, 0.717) is 28.2 Å². The zero-order chi connectivity index (χ0) is 20.3. The number of aromatic nitrogens is 4. The molecule has 0 aliphatic carbocycles. The van der Waals surface area contributed by atoms with Gasteiger partial charge in [-0.05, 0) is 38.3 Å². The van der Waals surface area contributed by atoms with Crippen molar-refractivity contribution in [1.29, 1.82) is 0 Å². The summed E-state index contributed by atoms with van der Waals surface area (Å²) in [6, 6.07) is 3.53. The number of nitrogens with zero attached hydrogens (tertiary/aromatic N) is 4. The van der Waals surface area contributed by atoms with Gasteiger partial charge < -0.3 is 25.4 Å². The molecule has 0 spiro atoms. The molecule has 0 fully saturated rings. The SMILES string of the molecule is CC(C)(C)Nc1nc(Nc2cnccn2)cc2ccn(C[C@@H](O)CO)c(=O)c12. The number of hydrogen-bond donors (Lipinski definition) is 4. The van der Waals surface area contributed by atoms with Crippen LogP contribution in [0.15, 0.2) is 41.7 Å². The van der Waals surface area contributed by atoms with Crippen molar-refractivity contribution in [3.05, 3.63) is 47.3 Å². The standard InChI is InChI=1S/C19H24N6O3/c1-19(2,3)24-17-16-12(4-7-25(18(16)28)10-13(27)11-26)8-14(23-17)22-15-9-20-5-6-21-15/h4-9,13,26-27H,10-11H2,1-3H3,(H2,21,22,23,24)/t13-/m1/s1. The van der Waals surface area contributed by atoms with E-state index in [9.17, 15) is 9.90 Å². The Morgan fingerprint density at radius 2 is 2.04 bits per heavy atom. The molecule has 0 radical (unpaired) electrons. The number of aliphatic hydroxyl groups is 2. The summed E-state index contributed by atoms with van der Waals surface area (Å²) in [5.41, 5.74) is -0.627. The van der Waals surface area contributed by atoms with Crippen molar-refractivity contribution in [2.45, 2.75) is 39.0 Å². The largest absolute Gasteiger partial charge is 0.394 e. The third-order valence-electron chi connectivity index (χ3n) is 3.89. The summed E-state index contributed by atoms with van der Waals surface area (Å²) in [4.78, 5) is 25.8. The first-order valence-corrected chi connectivity index (χ1v) is 8.91. The Hall–Kier alpha value is -3.04. The van der Waals surface area contributed by atoms with Crippen molar-refractivity contribution < 1.29 is 10.2 Å². The van der Waals surface area contributed by atoms with Crippen molar-refractivity contribution in [3.63, 3.8) is 0 Å². The predicted molar refractivity (Wildman–Crippen MR) is 108 cm³/mol. The van der Waals surface area contributed by atoms with Crippen LogP contribution in [0, 0.1) is 0 Å². The Bertz CT molecular complexity index is 1010. The molecule has 0 aromatic carbocycles. The molecule has 0 saturated carbocycles. The summed E-state index contributed by atoms with van der Waals surface area (Å²) in [5.74, 6) is 1.48. The number of fused-ring (bicyclic) bond motifs is 1. The first-order chi connectivity index (χ1) is 13.3. The van der Waals surface area contributed by atoms with Crippen molar-refractivity contribution in [2.24, 2.45) is 0 Å². The topological polar surface area (TPSA) is 125 Å². The number of anilines is 3. The van der Waals surface area contributed by atoms with Crippen molar-refractivity contribution in [3.8, 4) is 0 Å². The summed E-state index contributed by atoms with van der Waals surface area (Å²) in [6.45, 7) is 5.50. The fourth-order valence-electron chi connectivity index (χ4n) is 2.74. The van der Waals surface area contributed by atoms with Gasteiger partial charge in [0.2, 0.25) is 0 Å². The van der Waals surface area contributed by atoms with Crippen LogP contribution in [0.5, 0.6) is 0 Å². The fraction of sp³-hybridized carbons (Fsp3) is 0.368. The second-order valence-electron chi connectivity index (χ2n) is 7.52. The molecule has 0 bridgehead atoms. The lowest BCUT2D eigenvalue weighted by atomic mass is 10.1. The van der Waals surface area contributed by atoms with Gasteiger partial charge in [-0.1, -0.05) is 0 Å². The molecule has 0 saturated heterocycles. The van der Waals surface area contributed by atoms with Gasteiger partial charge in [-0.3, -0.25) is 9.78 Å². The Labute approximate surface area is 162 Å². The molecule has 148 valence electrons. The van der Waals surface area contributed by atoms with Crippen LogP contribution >= 0.6 is 0 Å². The second kappa shape index (κ2) is 7.91. The van der Waals surface area contributed by atoms with Crippen molar-refractivity contribution >= 4 is 28.2 Å². The van der Waals surface area contributed by atoms with Gasteiger partial charge in [0.05, 0.1) is 30.8 Å². The molecule has 9 heteroatoms. The zero-order valence-electron chi connectivity index (χ0n) is 16.0. The maximum Gasteiger partial charge on any atom is 0.262 e. The van der Waals surface area contributed by atoms with E-state index >= 15 is 0 Å². The van der Waals surface area contributed by atoms with E-state index in [2.05, 4.69) is 25.6 Å². The van der Waals surface area contributed by atoms with Gasteiger partial charge in [-0.15, -0.1) is 0 Å². The van der Waals surface area contributed by atoms with Gasteiger partial charge in [0.1, 0.15) is 17.5 Å². The highest BCUT2D eigenvalue weighted by atomic mass is 16.3. The molecule has 28 heavy (non-hydrogen) atoms. The van der Waals surface area contributed by atoms with E-state index in [1.165, 1.54) is 4.57 Å². The molecule has 4 N–H and O–H groups in total. The van der Waals surface area contributed by atoms with Crippen LogP contribution in [-0.2, 0) is 6.54 Å². The maximum atomic E-state index is 13.0. The van der Waals surface area contributed by atoms with Crippen molar-refractivity contribution in [1.82, 2.24) is 19.5 Å². The van der Waals surface area contributed by atoms with Crippen LogP contribution in [0.2, 0.25) is 0 Å². The molecule has 3 aromatic heterocycles. The summed E-state index contributed by atoms with van der Waals surface area (Å²) >= 11 is 0. The van der Waals surface area contributed by atoms with Crippen LogP contribution in [0.3, 0.4) is 0 Å². The number of aliphatic hydroxyl groups excluding tert-OH is 2. The molecule has 0 aliphatic rings. The number of hydrogen-bond acceptors (Lipinski definition) is 8. The zero-order valence-corrected chi connectivity index (χ0v) is 16.0. The van der Waals surface area contributed by atoms with E-state index in [0.717, 1.165) is 0 Å². The Morgan fingerprint density at radius 1 is 1.25 bits per heavy atom. The third kappa shape index (κ3) is 4.62. The summed E-state index contributed by atoms with van der Waals surface area (Å²) in [6.07, 6.45) is 5.31. The summed E-state index contributed by atoms with van der Waals surface area (Å²) in [5, 5.41) is 26.2. The molecule has 1 atom stereocenters. The van der Waals surface area contributed by atoms with Gasteiger partial charge in [0, 0.05) is 24.1 Å². The van der Waals surface area contributed by atoms with Gasteiger partial charge in [0.15, 0.2) is 0 Å². The van der Waals surface area contributed by atoms with Crippen LogP contribution in [-0.4, -0.2) is 48.0 Å². The van der Waals surface area contributed by atoms with E-state index in [-0.39, 0.29) is 17.6 Å². The van der Waals surface area contributed by atoms with E-state index in [1.54, 1.807) is 36.9 Å². The molecular formula is C19H24N6O3. The molecule has 3 heterocycles. The smallest absolute Gasteiger partial charge is 0.262 e. The van der Waals surface area contributed by atoms with E-state index < -0.39 is 12.7 Å². The lowest BCUT2D eigenvalue weighted by Crippen LogP contribution is -2.31. The second-order valence-corrected chi connectivity index (χ2v) is 7.52. The van der Waals surface area contributed by atoms with Gasteiger partial charge in [-0.2, -0.15) is 0 Å². The minimum Gasteiger partial charge on any atom is -0.394 e. The van der Waals surface area contributed by atoms with Gasteiger partial charge >= 0.3 is 0 Å². The monoisotopic (exact) mass is 384 g/mol. The van der Waals surface area contributed by atoms with Crippen LogP contribution in [0.1, 0.15) is 20.8 Å². The van der Waals surface area contributed by atoms with Crippen LogP contribution in [0.25, 0.3) is 10.8 Å². The normalized spacial score (nSPS) is 12.8. The molecule has 3 aromatic rings. The highest BCUT2D eigenvalue weighted by Gasteiger charge is 2.18. The number of nitrogens with one attached hydrogen (secondary N) is 2. The molecular weight excluding hydrogens is 360 g/mol. The van der Waals surface area contributed by atoms with E-state index in [1.807, 2.05) is 20.8 Å². The van der Waals surface area contributed by atoms with Gasteiger partial charge in [0.25, 0.3) is 5.56 Å². The van der Waals surface area contributed by atoms with Crippen LogP contribution < -0.4 is 16.2 Å². The first-order valence-electron chi connectivity index (χ1n) is 8.91. The fourth-order valence-corrected chi connectivity index (χ4v) is 2.74. The molecule has 0 amide bonds. The summed E-state index contributed by atoms with van der Waals surface area (Å²) < 4.78 is 1.37. The van der Waals surface area contributed by atoms with Crippen LogP contribution in [0.4, 0.5) is 17.5 Å². The maximum absolute atomic E-state index is 13.0. The average molecular weight is 384 g/mol. The predicted octanol–water partition coefficient (Wildman–Crippen LogP) is 1.49.